The molecule has 2 N–H and O–H groups in total. The maximum absolute atomic E-state index is 12.4. The van der Waals surface area contributed by atoms with E-state index in [1.807, 2.05) is 6.92 Å². The van der Waals surface area contributed by atoms with Gasteiger partial charge in [0.2, 0.25) is 5.91 Å². The summed E-state index contributed by atoms with van der Waals surface area (Å²) in [5, 5.41) is 5.19. The zero-order chi connectivity index (χ0) is 22.3. The van der Waals surface area contributed by atoms with Crippen molar-refractivity contribution >= 4 is 29.4 Å². The average Bonchev–Trinajstić information content (AvgIpc) is 3.00. The molecule has 2 rings (SSSR count). The third kappa shape index (κ3) is 5.69. The van der Waals surface area contributed by atoms with Gasteiger partial charge in [-0.3, -0.25) is 14.4 Å². The molecule has 0 radical (unpaired) electrons. The number of aromatic nitrogens is 1. The van der Waals surface area contributed by atoms with Crippen LogP contribution in [0.4, 0.5) is 5.69 Å². The molecule has 9 nitrogen and oxygen atoms in total. The largest absolute Gasteiger partial charge is 0.468 e. The van der Waals surface area contributed by atoms with Crippen LogP contribution in [-0.4, -0.2) is 48.6 Å². The number of hydrogen-bond acceptors (Lipinski definition) is 6. The van der Waals surface area contributed by atoms with Gasteiger partial charge in [0, 0.05) is 22.6 Å². The standard InChI is InChI=1S/C21H25N3O6/c1-5-30-21(28)17-10-13(2)24(14(17)3)12-18(25)23-16-8-6-15(7-9-16)20(27)22-11-19(26)29-4/h6-10H,5,11-12H2,1-4H3,(H,22,27)(H,23,25). The summed E-state index contributed by atoms with van der Waals surface area (Å²) < 4.78 is 11.2. The van der Waals surface area contributed by atoms with Gasteiger partial charge in [-0.05, 0) is 51.1 Å². The monoisotopic (exact) mass is 415 g/mol. The van der Waals surface area contributed by atoms with Crippen LogP contribution in [0.2, 0.25) is 0 Å². The molecule has 0 saturated carbocycles. The molecule has 0 bridgehead atoms. The number of aryl methyl sites for hydroxylation is 1. The van der Waals surface area contributed by atoms with Gasteiger partial charge in [0.05, 0.1) is 19.3 Å². The van der Waals surface area contributed by atoms with E-state index in [0.29, 0.717) is 22.5 Å². The Labute approximate surface area is 174 Å². The lowest BCUT2D eigenvalue weighted by Gasteiger charge is -2.11. The van der Waals surface area contributed by atoms with Gasteiger partial charge < -0.3 is 24.7 Å². The molecule has 0 spiro atoms. The van der Waals surface area contributed by atoms with Crippen LogP contribution in [0.15, 0.2) is 30.3 Å². The summed E-state index contributed by atoms with van der Waals surface area (Å²) in [6.07, 6.45) is 0. The molecule has 0 aliphatic carbocycles. The molecular weight excluding hydrogens is 390 g/mol. The zero-order valence-corrected chi connectivity index (χ0v) is 17.4. The summed E-state index contributed by atoms with van der Waals surface area (Å²) in [6.45, 7) is 5.38. The molecule has 0 aliphatic rings. The zero-order valence-electron chi connectivity index (χ0n) is 17.4. The van der Waals surface area contributed by atoms with Gasteiger partial charge in [-0.25, -0.2) is 4.79 Å². The number of anilines is 1. The van der Waals surface area contributed by atoms with E-state index in [1.54, 1.807) is 36.6 Å². The lowest BCUT2D eigenvalue weighted by molar-refractivity contribution is -0.139. The van der Waals surface area contributed by atoms with Crippen molar-refractivity contribution in [2.24, 2.45) is 0 Å². The van der Waals surface area contributed by atoms with Crippen LogP contribution in [0.5, 0.6) is 0 Å². The van der Waals surface area contributed by atoms with Crippen molar-refractivity contribution in [1.29, 1.82) is 0 Å². The van der Waals surface area contributed by atoms with E-state index in [9.17, 15) is 19.2 Å². The Balaban J connectivity index is 1.99. The lowest BCUT2D eigenvalue weighted by atomic mass is 10.2. The summed E-state index contributed by atoms with van der Waals surface area (Å²) in [5.74, 6) is -1.68. The van der Waals surface area contributed by atoms with E-state index in [2.05, 4.69) is 15.4 Å². The number of nitrogens with zero attached hydrogens (tertiary/aromatic N) is 1. The smallest absolute Gasteiger partial charge is 0.339 e. The second-order valence-electron chi connectivity index (χ2n) is 6.48. The van der Waals surface area contributed by atoms with Gasteiger partial charge in [-0.1, -0.05) is 0 Å². The quantitative estimate of drug-likeness (QED) is 0.636. The molecule has 1 heterocycles. The normalized spacial score (nSPS) is 10.3. The first-order valence-electron chi connectivity index (χ1n) is 9.35. The van der Waals surface area contributed by atoms with E-state index in [-0.39, 0.29) is 25.6 Å². The third-order valence-corrected chi connectivity index (χ3v) is 4.42. The first-order valence-corrected chi connectivity index (χ1v) is 9.35. The number of benzene rings is 1. The van der Waals surface area contributed by atoms with Crippen molar-refractivity contribution in [3.8, 4) is 0 Å². The molecule has 0 aliphatic heterocycles. The van der Waals surface area contributed by atoms with Crippen LogP contribution in [0.25, 0.3) is 0 Å². The second kappa shape index (κ2) is 10.2. The average molecular weight is 415 g/mol. The summed E-state index contributed by atoms with van der Waals surface area (Å²) >= 11 is 0. The number of carbonyl (C=O) groups excluding carboxylic acids is 4. The van der Waals surface area contributed by atoms with Crippen LogP contribution in [-0.2, 0) is 25.6 Å². The summed E-state index contributed by atoms with van der Waals surface area (Å²) in [6, 6.07) is 7.94. The molecule has 9 heteroatoms. The fourth-order valence-electron chi connectivity index (χ4n) is 2.84. The van der Waals surface area contributed by atoms with E-state index >= 15 is 0 Å². The molecular formula is C21H25N3O6. The number of amides is 2. The second-order valence-corrected chi connectivity index (χ2v) is 6.48. The minimum atomic E-state index is -0.547. The van der Waals surface area contributed by atoms with Crippen molar-refractivity contribution in [1.82, 2.24) is 9.88 Å². The highest BCUT2D eigenvalue weighted by atomic mass is 16.5. The minimum absolute atomic E-state index is 0.0262. The highest BCUT2D eigenvalue weighted by molar-refractivity contribution is 5.97. The molecule has 0 unspecified atom stereocenters. The molecule has 2 aromatic rings. The summed E-state index contributed by atoms with van der Waals surface area (Å²) in [5.41, 5.74) is 2.71. The van der Waals surface area contributed by atoms with Gasteiger partial charge >= 0.3 is 11.9 Å². The SMILES string of the molecule is CCOC(=O)c1cc(C)n(CC(=O)Nc2ccc(C(=O)NCC(=O)OC)cc2)c1C. The number of esters is 2. The first-order chi connectivity index (χ1) is 14.3. The van der Waals surface area contributed by atoms with Crippen LogP contribution in [0.1, 0.15) is 39.0 Å². The summed E-state index contributed by atoms with van der Waals surface area (Å²) in [7, 11) is 1.24. The van der Waals surface area contributed by atoms with E-state index < -0.39 is 17.8 Å². The molecule has 0 fully saturated rings. The Hall–Kier alpha value is -3.62. The molecule has 1 aromatic carbocycles. The maximum atomic E-state index is 12.4. The highest BCUT2D eigenvalue weighted by Crippen LogP contribution is 2.17. The highest BCUT2D eigenvalue weighted by Gasteiger charge is 2.18. The molecule has 0 atom stereocenters. The van der Waals surface area contributed by atoms with E-state index in [0.717, 1.165) is 5.69 Å². The van der Waals surface area contributed by atoms with Crippen LogP contribution < -0.4 is 10.6 Å². The molecule has 0 saturated heterocycles. The fourth-order valence-corrected chi connectivity index (χ4v) is 2.84. The summed E-state index contributed by atoms with van der Waals surface area (Å²) in [4.78, 5) is 47.5. The number of hydrogen-bond donors (Lipinski definition) is 2. The Morgan fingerprint density at radius 2 is 1.73 bits per heavy atom. The Kier molecular flexibility index (Phi) is 7.74. The molecule has 2 amide bonds. The Morgan fingerprint density at radius 3 is 2.33 bits per heavy atom. The van der Waals surface area contributed by atoms with Gasteiger partial charge in [0.1, 0.15) is 13.1 Å². The van der Waals surface area contributed by atoms with Crippen molar-refractivity contribution in [2.45, 2.75) is 27.3 Å². The van der Waals surface area contributed by atoms with Crippen molar-refractivity contribution in [3.63, 3.8) is 0 Å². The Morgan fingerprint density at radius 1 is 1.07 bits per heavy atom. The topological polar surface area (TPSA) is 116 Å². The number of carbonyl (C=O) groups is 4. The first kappa shape index (κ1) is 22.7. The molecule has 1 aromatic heterocycles. The predicted molar refractivity (Wildman–Crippen MR) is 109 cm³/mol. The predicted octanol–water partition coefficient (Wildman–Crippen LogP) is 1.82. The minimum Gasteiger partial charge on any atom is -0.468 e. The fraction of sp³-hybridized carbons (Fsp3) is 0.333. The maximum Gasteiger partial charge on any atom is 0.339 e. The van der Waals surface area contributed by atoms with Gasteiger partial charge in [-0.2, -0.15) is 0 Å². The van der Waals surface area contributed by atoms with Gasteiger partial charge in [-0.15, -0.1) is 0 Å². The molecule has 160 valence electrons. The number of rotatable bonds is 8. The van der Waals surface area contributed by atoms with Crippen LogP contribution in [0, 0.1) is 13.8 Å². The third-order valence-electron chi connectivity index (χ3n) is 4.42. The van der Waals surface area contributed by atoms with Crippen molar-refractivity contribution < 1.29 is 28.7 Å². The van der Waals surface area contributed by atoms with E-state index in [4.69, 9.17) is 4.74 Å². The van der Waals surface area contributed by atoms with Crippen molar-refractivity contribution in [3.05, 3.63) is 52.8 Å². The van der Waals surface area contributed by atoms with Crippen molar-refractivity contribution in [2.75, 3.05) is 25.6 Å². The van der Waals surface area contributed by atoms with Gasteiger partial charge in [0.25, 0.3) is 5.91 Å². The number of nitrogens with one attached hydrogen (secondary N) is 2. The number of ether oxygens (including phenoxy) is 2. The lowest BCUT2D eigenvalue weighted by Crippen LogP contribution is -2.30. The van der Waals surface area contributed by atoms with Gasteiger partial charge in [0.15, 0.2) is 0 Å². The number of methoxy groups -OCH3 is 1. The van der Waals surface area contributed by atoms with E-state index in [1.165, 1.54) is 19.2 Å². The Bertz CT molecular complexity index is 946. The van der Waals surface area contributed by atoms with Crippen LogP contribution in [0.3, 0.4) is 0 Å². The molecule has 30 heavy (non-hydrogen) atoms. The van der Waals surface area contributed by atoms with Crippen LogP contribution >= 0.6 is 0 Å².